The van der Waals surface area contributed by atoms with Crippen molar-refractivity contribution >= 4 is 39.0 Å². The third kappa shape index (κ3) is 2.88. The van der Waals surface area contributed by atoms with Crippen molar-refractivity contribution in [1.29, 1.82) is 0 Å². The number of aliphatic hydroxyl groups is 1. The van der Waals surface area contributed by atoms with E-state index in [1.165, 1.54) is 4.21 Å². The molecule has 1 aromatic heterocycles. The maximum atomic E-state index is 9.73. The Bertz CT molecular complexity index is 466. The zero-order chi connectivity index (χ0) is 11.5. The Morgan fingerprint density at radius 2 is 2.19 bits per heavy atom. The van der Waals surface area contributed by atoms with Crippen LogP contribution < -0.4 is 0 Å². The van der Waals surface area contributed by atoms with Gasteiger partial charge in [0, 0.05) is 9.37 Å². The number of thiophene rings is 1. The van der Waals surface area contributed by atoms with Crippen LogP contribution in [0.3, 0.4) is 0 Å². The molecule has 84 valence electrons. The van der Waals surface area contributed by atoms with Crippen molar-refractivity contribution in [3.05, 3.63) is 45.7 Å². The highest BCUT2D eigenvalue weighted by atomic mass is 79.9. The lowest BCUT2D eigenvalue weighted by atomic mass is 10.1. The maximum absolute atomic E-state index is 9.73. The monoisotopic (exact) mass is 314 g/mol. The zero-order valence-corrected chi connectivity index (χ0v) is 11.9. The molecule has 0 fully saturated rings. The molecule has 0 amide bonds. The van der Waals surface area contributed by atoms with E-state index in [1.54, 1.807) is 30.0 Å². The minimum absolute atomic E-state index is 0.444. The average Bonchev–Trinajstić information content (AvgIpc) is 2.73. The van der Waals surface area contributed by atoms with Crippen LogP contribution in [0.25, 0.3) is 0 Å². The van der Waals surface area contributed by atoms with Crippen LogP contribution in [0.15, 0.2) is 49.3 Å². The highest BCUT2D eigenvalue weighted by Crippen LogP contribution is 2.36. The van der Waals surface area contributed by atoms with Gasteiger partial charge >= 0.3 is 0 Å². The van der Waals surface area contributed by atoms with Gasteiger partial charge in [0.1, 0.15) is 0 Å². The van der Waals surface area contributed by atoms with Crippen molar-refractivity contribution in [2.45, 2.75) is 22.1 Å². The fourth-order valence-electron chi connectivity index (χ4n) is 1.37. The first-order valence-electron chi connectivity index (χ1n) is 4.85. The molecular weight excluding hydrogens is 304 g/mol. The number of halogens is 1. The van der Waals surface area contributed by atoms with E-state index in [0.29, 0.717) is 0 Å². The van der Waals surface area contributed by atoms with Gasteiger partial charge in [0.05, 0.1) is 10.3 Å². The predicted molar refractivity (Wildman–Crippen MR) is 73.2 cm³/mol. The molecule has 2 rings (SSSR count). The summed E-state index contributed by atoms with van der Waals surface area (Å²) in [5.41, 5.74) is 0.966. The largest absolute Gasteiger partial charge is 0.389 e. The van der Waals surface area contributed by atoms with Crippen LogP contribution in [-0.2, 0) is 0 Å². The van der Waals surface area contributed by atoms with Gasteiger partial charge in [-0.15, -0.1) is 11.3 Å². The van der Waals surface area contributed by atoms with E-state index in [4.69, 9.17) is 0 Å². The van der Waals surface area contributed by atoms with Crippen LogP contribution in [0.2, 0.25) is 0 Å². The molecule has 1 N–H and O–H groups in total. The molecule has 1 aromatic carbocycles. The van der Waals surface area contributed by atoms with Gasteiger partial charge in [-0.05, 0) is 42.1 Å². The standard InChI is InChI=1S/C12H11BrOS2/c1-8(14)10-7-9(13)4-5-11(10)16-12-3-2-6-15-12/h2-8,14H,1H3. The smallest absolute Gasteiger partial charge is 0.0773 e. The fourth-order valence-corrected chi connectivity index (χ4v) is 3.67. The van der Waals surface area contributed by atoms with Crippen molar-refractivity contribution < 1.29 is 5.11 Å². The molecule has 0 saturated heterocycles. The van der Waals surface area contributed by atoms with Gasteiger partial charge in [-0.1, -0.05) is 33.8 Å². The average molecular weight is 315 g/mol. The van der Waals surface area contributed by atoms with Crippen LogP contribution in [-0.4, -0.2) is 5.11 Å². The van der Waals surface area contributed by atoms with Gasteiger partial charge < -0.3 is 5.11 Å². The summed E-state index contributed by atoms with van der Waals surface area (Å²) >= 11 is 6.83. The molecule has 16 heavy (non-hydrogen) atoms. The number of hydrogen-bond donors (Lipinski definition) is 1. The molecule has 0 aliphatic heterocycles. The van der Waals surface area contributed by atoms with Gasteiger partial charge in [-0.3, -0.25) is 0 Å². The van der Waals surface area contributed by atoms with Crippen LogP contribution in [0, 0.1) is 0 Å². The second-order valence-electron chi connectivity index (χ2n) is 3.39. The van der Waals surface area contributed by atoms with E-state index in [1.807, 2.05) is 24.3 Å². The fraction of sp³-hybridized carbons (Fsp3) is 0.167. The summed E-state index contributed by atoms with van der Waals surface area (Å²) < 4.78 is 2.24. The molecule has 0 radical (unpaired) electrons. The van der Waals surface area contributed by atoms with E-state index in [0.717, 1.165) is 14.9 Å². The van der Waals surface area contributed by atoms with E-state index >= 15 is 0 Å². The molecule has 4 heteroatoms. The predicted octanol–water partition coefficient (Wildman–Crippen LogP) is 4.72. The third-order valence-electron chi connectivity index (χ3n) is 2.13. The van der Waals surface area contributed by atoms with Crippen molar-refractivity contribution in [3.63, 3.8) is 0 Å². The van der Waals surface area contributed by atoms with Crippen LogP contribution in [0.4, 0.5) is 0 Å². The summed E-state index contributed by atoms with van der Waals surface area (Å²) in [6.07, 6.45) is -0.444. The van der Waals surface area contributed by atoms with Gasteiger partial charge in [0.25, 0.3) is 0 Å². The molecule has 1 heterocycles. The molecular formula is C12H11BrOS2. The second kappa shape index (κ2) is 5.36. The Labute approximate surface area is 112 Å². The number of rotatable bonds is 3. The molecule has 0 bridgehead atoms. The maximum Gasteiger partial charge on any atom is 0.0773 e. The number of aliphatic hydroxyl groups excluding tert-OH is 1. The Hall–Kier alpha value is -0.290. The van der Waals surface area contributed by atoms with Gasteiger partial charge in [-0.25, -0.2) is 0 Å². The molecule has 1 nitrogen and oxygen atoms in total. The highest BCUT2D eigenvalue weighted by Gasteiger charge is 2.10. The van der Waals surface area contributed by atoms with Crippen molar-refractivity contribution in [2.75, 3.05) is 0 Å². The Morgan fingerprint density at radius 3 is 2.81 bits per heavy atom. The van der Waals surface area contributed by atoms with Crippen LogP contribution in [0.1, 0.15) is 18.6 Å². The van der Waals surface area contributed by atoms with E-state index < -0.39 is 6.10 Å². The van der Waals surface area contributed by atoms with Crippen LogP contribution in [0.5, 0.6) is 0 Å². The summed E-state index contributed by atoms with van der Waals surface area (Å²) in [6.45, 7) is 1.79. The normalized spacial score (nSPS) is 12.7. The minimum Gasteiger partial charge on any atom is -0.389 e. The first-order chi connectivity index (χ1) is 7.66. The van der Waals surface area contributed by atoms with Gasteiger partial charge in [0.2, 0.25) is 0 Å². The summed E-state index contributed by atoms with van der Waals surface area (Å²) in [5.74, 6) is 0. The Balaban J connectivity index is 2.33. The SMILES string of the molecule is CC(O)c1cc(Br)ccc1Sc1cccs1. The molecule has 0 spiro atoms. The molecule has 0 aliphatic carbocycles. The lowest BCUT2D eigenvalue weighted by Crippen LogP contribution is -1.93. The molecule has 1 atom stereocenters. The first kappa shape index (κ1) is 12.2. The van der Waals surface area contributed by atoms with Crippen molar-refractivity contribution in [3.8, 4) is 0 Å². The van der Waals surface area contributed by atoms with Crippen molar-refractivity contribution in [1.82, 2.24) is 0 Å². The third-order valence-corrected chi connectivity index (χ3v) is 4.75. The lowest BCUT2D eigenvalue weighted by Gasteiger charge is -2.11. The zero-order valence-electron chi connectivity index (χ0n) is 8.68. The molecule has 0 aliphatic rings. The highest BCUT2D eigenvalue weighted by molar-refractivity contribution is 9.10. The molecule has 2 aromatic rings. The Kier molecular flexibility index (Phi) is 4.08. The summed E-state index contributed by atoms with van der Waals surface area (Å²) in [7, 11) is 0. The summed E-state index contributed by atoms with van der Waals surface area (Å²) in [4.78, 5) is 1.11. The minimum atomic E-state index is -0.444. The Morgan fingerprint density at radius 1 is 1.38 bits per heavy atom. The lowest BCUT2D eigenvalue weighted by molar-refractivity contribution is 0.196. The molecule has 0 saturated carbocycles. The number of hydrogen-bond acceptors (Lipinski definition) is 3. The van der Waals surface area contributed by atoms with Gasteiger partial charge in [0.15, 0.2) is 0 Å². The molecule has 1 unspecified atom stereocenters. The topological polar surface area (TPSA) is 20.2 Å². The summed E-state index contributed by atoms with van der Waals surface area (Å²) in [6, 6.07) is 10.1. The quantitative estimate of drug-likeness (QED) is 0.885. The second-order valence-corrected chi connectivity index (χ2v) is 6.60. The summed E-state index contributed by atoms with van der Waals surface area (Å²) in [5, 5.41) is 11.8. The van der Waals surface area contributed by atoms with E-state index in [9.17, 15) is 5.11 Å². The number of benzene rings is 1. The van der Waals surface area contributed by atoms with E-state index in [-0.39, 0.29) is 0 Å². The first-order valence-corrected chi connectivity index (χ1v) is 7.34. The van der Waals surface area contributed by atoms with Crippen molar-refractivity contribution in [2.24, 2.45) is 0 Å². The van der Waals surface area contributed by atoms with Gasteiger partial charge in [-0.2, -0.15) is 0 Å². The van der Waals surface area contributed by atoms with E-state index in [2.05, 4.69) is 27.4 Å². The van der Waals surface area contributed by atoms with Crippen LogP contribution >= 0.6 is 39.0 Å².